The molecule has 13 atom stereocenters. The van der Waals surface area contributed by atoms with Gasteiger partial charge in [-0.15, -0.1) is 45.5 Å². The Morgan fingerprint density at radius 2 is 1.07 bits per heavy atom. The van der Waals surface area contributed by atoms with Gasteiger partial charge in [0, 0.05) is 42.6 Å². The van der Waals surface area contributed by atoms with Crippen molar-refractivity contribution in [1.29, 1.82) is 0 Å². The molecule has 3 fully saturated rings. The minimum atomic E-state index is -1.24. The average molecular weight is 1100 g/mol. The predicted octanol–water partition coefficient (Wildman–Crippen LogP) is 1.88. The third-order valence-electron chi connectivity index (χ3n) is 12.2. The Morgan fingerprint density at radius 3 is 1.51 bits per heavy atom. The van der Waals surface area contributed by atoms with Crippen molar-refractivity contribution in [2.24, 2.45) is 38.1 Å². The molecule has 0 aromatic rings. The van der Waals surface area contributed by atoms with Gasteiger partial charge in [0.15, 0.2) is 12.5 Å². The zero-order chi connectivity index (χ0) is 52.8. The number of rotatable bonds is 14. The molecule has 0 spiro atoms. The van der Waals surface area contributed by atoms with Gasteiger partial charge in [-0.25, -0.2) is 15.0 Å². The lowest BCUT2D eigenvalue weighted by Gasteiger charge is -2.32. The van der Waals surface area contributed by atoms with Crippen molar-refractivity contribution in [2.45, 2.75) is 106 Å². The van der Waals surface area contributed by atoms with Crippen LogP contribution in [0.25, 0.3) is 0 Å². The summed E-state index contributed by atoms with van der Waals surface area (Å²) in [7, 11) is 0. The molecule has 3 saturated heterocycles. The molecule has 6 aliphatic heterocycles. The lowest BCUT2D eigenvalue weighted by atomic mass is 9.92. The summed E-state index contributed by atoms with van der Waals surface area (Å²) in [5.74, 6) is 6.92. The van der Waals surface area contributed by atoms with Crippen LogP contribution in [0.1, 0.15) is 32.6 Å². The minimum absolute atomic E-state index is 0.0655. The monoisotopic (exact) mass is 1100 g/mol. The van der Waals surface area contributed by atoms with Gasteiger partial charge in [-0.2, -0.15) is 0 Å². The summed E-state index contributed by atoms with van der Waals surface area (Å²) in [4.78, 5) is 15.6. The van der Waals surface area contributed by atoms with Crippen molar-refractivity contribution in [3.63, 3.8) is 0 Å². The van der Waals surface area contributed by atoms with Gasteiger partial charge in [-0.05, 0) is 101 Å². The summed E-state index contributed by atoms with van der Waals surface area (Å²) in [5, 5.41) is 71.1. The van der Waals surface area contributed by atoms with Crippen LogP contribution in [0.5, 0.6) is 0 Å². The number of aliphatic hydroxyl groups is 7. The number of hydrogen-bond acceptors (Lipinski definition) is 18. The second kappa shape index (κ2) is 24.8. The van der Waals surface area contributed by atoms with Crippen LogP contribution in [0.4, 0.5) is 0 Å². The molecule has 22 heteroatoms. The number of hydrogen-bond donors (Lipinski definition) is 10. The maximum absolute atomic E-state index is 10.4. The average Bonchev–Trinajstić information content (AvgIpc) is 3.82. The summed E-state index contributed by atoms with van der Waals surface area (Å²) < 4.78 is 18.4. The first-order valence-corrected chi connectivity index (χ1v) is 32.9. The Balaban J connectivity index is 0.000000229. The molecule has 0 aromatic carbocycles. The minimum Gasteiger partial charge on any atom is -0.396 e. The summed E-state index contributed by atoms with van der Waals surface area (Å²) in [5.41, 5.74) is 19.1. The molecule has 18 nitrogen and oxygen atoms in total. The van der Waals surface area contributed by atoms with E-state index in [-0.39, 0.29) is 24.5 Å². The van der Waals surface area contributed by atoms with Crippen molar-refractivity contribution in [1.82, 2.24) is 9.80 Å². The van der Waals surface area contributed by atoms with Crippen molar-refractivity contribution in [3.8, 4) is 11.8 Å². The molecule has 6 rings (SSSR count). The van der Waals surface area contributed by atoms with E-state index in [0.29, 0.717) is 70.3 Å². The maximum atomic E-state index is 10.4. The quantitative estimate of drug-likeness (QED) is 0.0878. The van der Waals surface area contributed by atoms with Gasteiger partial charge in [0.25, 0.3) is 0 Å². The molecule has 0 radical (unpaired) electrons. The van der Waals surface area contributed by atoms with Crippen molar-refractivity contribution in [2.75, 3.05) is 65.1 Å². The number of nitrogens with two attached hydrogens (primary N) is 3. The topological polar surface area (TPSA) is 291 Å². The van der Waals surface area contributed by atoms with Crippen LogP contribution in [0, 0.1) is 17.8 Å². The highest BCUT2D eigenvalue weighted by Gasteiger charge is 2.49. The zero-order valence-electron chi connectivity index (χ0n) is 41.7. The van der Waals surface area contributed by atoms with E-state index in [4.69, 9.17) is 36.5 Å². The first-order valence-electron chi connectivity index (χ1n) is 22.9. The highest BCUT2D eigenvalue weighted by molar-refractivity contribution is 9.12. The fourth-order valence-corrected chi connectivity index (χ4v) is 11.4. The molecule has 6 heterocycles. The van der Waals surface area contributed by atoms with Crippen LogP contribution in [-0.4, -0.2) is 221 Å². The fourth-order valence-electron chi connectivity index (χ4n) is 8.14. The number of nitrogens with zero attached hydrogens (tertiary/aromatic N) is 5. The molecule has 13 N–H and O–H groups in total. The SMILES string of the molecule is C=C1N=C(N)C(Br)=CC1[C@@H]1O[C@H](CCP(=C)(C)C)[C@@H](O)[C@H]1O.C=C1N=C(N)C(C#CC)=CN1[C@@H]1O[C@H](CCP(=C)(C)C)[C@@H](O)[C@H]1O.C=C1N=C(N)C(CCO)=CN1[C@@H]1O[C@H](CCP(=C)(C)C)[C@@H](O)[C@H]1O. The first kappa shape index (κ1) is 59.6. The summed E-state index contributed by atoms with van der Waals surface area (Å²) in [6.07, 6.45) is 13.2. The van der Waals surface area contributed by atoms with E-state index < -0.39 is 88.0 Å². The fraction of sp³-hybridized carbons (Fsp3) is 0.583. The molecule has 70 heavy (non-hydrogen) atoms. The standard InChI is InChI=1S/C17H26N3O3P.C16H28N3O4P.C15H24BrN2O3P/c1-6-7-12-10-20(11(2)19-16(12)18)17-15(22)14(21)13(23-17)8-9-24(3,4)5;1-10-18-15(17)11(5-7-20)9-19(10)16-14(22)13(21)12(23-16)6-8-24(2,3)4;1-8-9(7-10(16)15(17)18-8)14-13(20)12(19)11(21-14)5-6-22(2,3)4/h10,13-15,17,21-22H,2-3,8-9H2,1,4-5H3,(H2,18,19);9,12-14,16,20-22H,1-2,5-8H2,3-4H3,(H2,17,18);7,9,11-14,19-20H,1-2,5-6H2,3-4H3,(H2,17,18)/t13-,14-,15-,17-;12-,13-,14-,16-;9?,11-,12-,13-,14+/m111/s1. The molecular weight excluding hydrogens is 1020 g/mol. The summed E-state index contributed by atoms with van der Waals surface area (Å²) in [6, 6.07) is 0. The van der Waals surface area contributed by atoms with Crippen LogP contribution in [0.15, 0.2) is 86.2 Å². The van der Waals surface area contributed by atoms with Crippen LogP contribution < -0.4 is 17.2 Å². The molecule has 0 amide bonds. The van der Waals surface area contributed by atoms with E-state index in [9.17, 15) is 30.6 Å². The largest absolute Gasteiger partial charge is 0.396 e. The van der Waals surface area contributed by atoms with Crippen LogP contribution >= 0.6 is 36.6 Å². The van der Waals surface area contributed by atoms with Gasteiger partial charge in [0.2, 0.25) is 0 Å². The normalized spacial score (nSPS) is 32.6. The molecule has 6 aliphatic rings. The lowest BCUT2D eigenvalue weighted by Crippen LogP contribution is -2.42. The van der Waals surface area contributed by atoms with Crippen molar-refractivity contribution >= 4 is 73.0 Å². The van der Waals surface area contributed by atoms with E-state index >= 15 is 0 Å². The first-order chi connectivity index (χ1) is 32.4. The Kier molecular flexibility index (Phi) is 21.1. The van der Waals surface area contributed by atoms with E-state index in [0.717, 1.165) is 18.5 Å². The number of aliphatic imine (C=N–C) groups is 3. The number of halogens is 1. The smallest absolute Gasteiger partial charge is 0.164 e. The van der Waals surface area contributed by atoms with E-state index in [1.165, 1.54) is 0 Å². The molecular formula is C48H78BrN8O10P3. The molecule has 392 valence electrons. The number of dihydropyridines is 1. The molecule has 0 aromatic heterocycles. The highest BCUT2D eigenvalue weighted by atomic mass is 79.9. The van der Waals surface area contributed by atoms with E-state index in [2.05, 4.69) is 121 Å². The Bertz CT molecular complexity index is 2360. The van der Waals surface area contributed by atoms with Crippen molar-refractivity contribution in [3.05, 3.63) is 71.2 Å². The van der Waals surface area contributed by atoms with Crippen LogP contribution in [0.3, 0.4) is 0 Å². The Hall–Kier alpha value is -3.01. The van der Waals surface area contributed by atoms with Crippen LogP contribution in [-0.2, 0) is 14.2 Å². The Morgan fingerprint density at radius 1 is 0.643 bits per heavy atom. The van der Waals surface area contributed by atoms with Gasteiger partial charge in [-0.3, -0.25) is 0 Å². The van der Waals surface area contributed by atoms with Gasteiger partial charge in [0.05, 0.1) is 34.5 Å². The molecule has 0 aliphatic carbocycles. The predicted molar refractivity (Wildman–Crippen MR) is 296 cm³/mol. The van der Waals surface area contributed by atoms with Gasteiger partial charge < -0.3 is 77.0 Å². The lowest BCUT2D eigenvalue weighted by molar-refractivity contribution is -0.0581. The van der Waals surface area contributed by atoms with Gasteiger partial charge >= 0.3 is 0 Å². The second-order valence-electron chi connectivity index (χ2n) is 20.3. The van der Waals surface area contributed by atoms with Gasteiger partial charge in [0.1, 0.15) is 65.8 Å². The van der Waals surface area contributed by atoms with Gasteiger partial charge in [-0.1, -0.05) is 31.7 Å². The van der Waals surface area contributed by atoms with Crippen molar-refractivity contribution < 1.29 is 50.0 Å². The van der Waals surface area contributed by atoms with E-state index in [1.54, 1.807) is 29.1 Å². The summed E-state index contributed by atoms with van der Waals surface area (Å²) >= 11 is 3.34. The third-order valence-corrected chi connectivity index (χ3v) is 17.2. The molecule has 0 bridgehead atoms. The highest BCUT2D eigenvalue weighted by Crippen LogP contribution is 2.42. The van der Waals surface area contributed by atoms with E-state index in [1.807, 2.05) is 6.08 Å². The number of amidine groups is 3. The zero-order valence-corrected chi connectivity index (χ0v) is 45.9. The second-order valence-corrected chi connectivity index (χ2v) is 34.1. The summed E-state index contributed by atoms with van der Waals surface area (Å²) in [6.45, 7) is 22.3. The molecule has 0 saturated carbocycles. The van der Waals surface area contributed by atoms with Crippen LogP contribution in [0.2, 0.25) is 0 Å². The number of ether oxygens (including phenoxy) is 3. The maximum Gasteiger partial charge on any atom is 0.164 e. The third kappa shape index (κ3) is 16.0. The molecule has 1 unspecified atom stereocenters. The number of aliphatic hydroxyl groups excluding tert-OH is 7. The Labute approximate surface area is 423 Å².